The number of aryl methyl sites for hydroxylation is 1. The van der Waals surface area contributed by atoms with Gasteiger partial charge in [0.1, 0.15) is 5.75 Å². The van der Waals surface area contributed by atoms with Crippen molar-refractivity contribution in [2.75, 3.05) is 24.3 Å². The van der Waals surface area contributed by atoms with E-state index in [0.717, 1.165) is 22.6 Å². The van der Waals surface area contributed by atoms with Gasteiger partial charge < -0.3 is 15.0 Å². The van der Waals surface area contributed by atoms with Crippen molar-refractivity contribution < 1.29 is 9.53 Å². The second kappa shape index (κ2) is 9.12. The Morgan fingerprint density at radius 3 is 2.33 bits per heavy atom. The molecule has 0 atom stereocenters. The molecule has 0 unspecified atom stereocenters. The van der Waals surface area contributed by atoms with Gasteiger partial charge >= 0.3 is 0 Å². The van der Waals surface area contributed by atoms with Crippen molar-refractivity contribution in [2.24, 2.45) is 0 Å². The molecule has 4 rings (SSSR count). The van der Waals surface area contributed by atoms with E-state index >= 15 is 0 Å². The van der Waals surface area contributed by atoms with Crippen LogP contribution < -0.4 is 15.0 Å². The minimum atomic E-state index is -0.173. The lowest BCUT2D eigenvalue weighted by Crippen LogP contribution is -2.14. The van der Waals surface area contributed by atoms with Gasteiger partial charge in [-0.05, 0) is 74.9 Å². The minimum absolute atomic E-state index is 0.173. The van der Waals surface area contributed by atoms with Crippen LogP contribution in [0.1, 0.15) is 27.3 Å². The van der Waals surface area contributed by atoms with E-state index in [9.17, 15) is 4.79 Å². The smallest absolute Gasteiger partial charge is 0.255 e. The van der Waals surface area contributed by atoms with Gasteiger partial charge in [-0.15, -0.1) is 10.2 Å². The summed E-state index contributed by atoms with van der Waals surface area (Å²) in [5.41, 5.74) is 5.36. The van der Waals surface area contributed by atoms with E-state index in [-0.39, 0.29) is 5.91 Å². The molecule has 0 spiro atoms. The highest BCUT2D eigenvalue weighted by molar-refractivity contribution is 6.04. The Bertz CT molecular complexity index is 1280. The third kappa shape index (κ3) is 4.85. The molecule has 0 aliphatic carbocycles. The number of carbonyl (C=O) groups is 1. The molecule has 2 heterocycles. The van der Waals surface area contributed by atoms with Crippen LogP contribution in [0.25, 0.3) is 5.82 Å². The lowest BCUT2D eigenvalue weighted by molar-refractivity contribution is 0.102. The van der Waals surface area contributed by atoms with Gasteiger partial charge in [0.25, 0.3) is 5.91 Å². The highest BCUT2D eigenvalue weighted by atomic mass is 16.5. The quantitative estimate of drug-likeness (QED) is 0.466. The van der Waals surface area contributed by atoms with E-state index in [0.29, 0.717) is 28.7 Å². The van der Waals surface area contributed by atoms with Crippen LogP contribution >= 0.6 is 0 Å². The van der Waals surface area contributed by atoms with Crippen LogP contribution in [0, 0.1) is 20.8 Å². The molecular formula is C25H26N6O2. The Hall–Kier alpha value is -4.20. The molecular weight excluding hydrogens is 416 g/mol. The molecule has 2 aromatic carbocycles. The van der Waals surface area contributed by atoms with Gasteiger partial charge in [-0.2, -0.15) is 5.10 Å². The number of nitrogens with zero attached hydrogens (tertiary/aromatic N) is 5. The summed E-state index contributed by atoms with van der Waals surface area (Å²) in [6.07, 6.45) is 0. The summed E-state index contributed by atoms with van der Waals surface area (Å²) in [5.74, 6) is 1.42. The normalized spacial score (nSPS) is 10.7. The Kier molecular flexibility index (Phi) is 6.08. The maximum atomic E-state index is 12.6. The van der Waals surface area contributed by atoms with E-state index < -0.39 is 0 Å². The number of nitrogens with one attached hydrogen (secondary N) is 1. The number of benzene rings is 2. The second-order valence-corrected chi connectivity index (χ2v) is 7.96. The molecule has 168 valence electrons. The fraction of sp³-hybridized carbons (Fsp3) is 0.200. The van der Waals surface area contributed by atoms with E-state index in [1.807, 2.05) is 64.0 Å². The molecule has 33 heavy (non-hydrogen) atoms. The first-order valence-corrected chi connectivity index (χ1v) is 10.6. The van der Waals surface area contributed by atoms with Gasteiger partial charge in [-0.3, -0.25) is 4.79 Å². The predicted octanol–water partition coefficient (Wildman–Crippen LogP) is 4.70. The summed E-state index contributed by atoms with van der Waals surface area (Å²) in [7, 11) is 3.88. The predicted molar refractivity (Wildman–Crippen MR) is 129 cm³/mol. The average molecular weight is 443 g/mol. The maximum absolute atomic E-state index is 12.6. The van der Waals surface area contributed by atoms with Crippen LogP contribution in [0.2, 0.25) is 0 Å². The van der Waals surface area contributed by atoms with E-state index in [1.54, 1.807) is 41.1 Å². The molecule has 8 nitrogen and oxygen atoms in total. The summed E-state index contributed by atoms with van der Waals surface area (Å²) in [5, 5.41) is 15.8. The molecule has 2 aromatic heterocycles. The fourth-order valence-electron chi connectivity index (χ4n) is 3.28. The van der Waals surface area contributed by atoms with Gasteiger partial charge in [0.05, 0.1) is 5.69 Å². The number of rotatable bonds is 6. The minimum Gasteiger partial charge on any atom is -0.438 e. The lowest BCUT2D eigenvalue weighted by atomic mass is 10.1. The lowest BCUT2D eigenvalue weighted by Gasteiger charge is -2.13. The van der Waals surface area contributed by atoms with Crippen LogP contribution in [0.4, 0.5) is 11.4 Å². The zero-order valence-electron chi connectivity index (χ0n) is 19.3. The monoisotopic (exact) mass is 442 g/mol. The molecule has 0 saturated heterocycles. The average Bonchev–Trinajstić information content (AvgIpc) is 3.08. The Morgan fingerprint density at radius 1 is 0.970 bits per heavy atom. The highest BCUT2D eigenvalue weighted by Crippen LogP contribution is 2.23. The molecule has 0 fully saturated rings. The first kappa shape index (κ1) is 22.0. The number of carbonyl (C=O) groups excluding carboxylic acids is 1. The molecule has 0 aliphatic heterocycles. The van der Waals surface area contributed by atoms with E-state index in [4.69, 9.17) is 4.74 Å². The number of aromatic nitrogens is 4. The maximum Gasteiger partial charge on any atom is 0.255 e. The second-order valence-electron chi connectivity index (χ2n) is 7.96. The van der Waals surface area contributed by atoms with Gasteiger partial charge in [-0.25, -0.2) is 4.68 Å². The van der Waals surface area contributed by atoms with E-state index in [2.05, 4.69) is 20.6 Å². The number of hydrogen-bond donors (Lipinski definition) is 1. The molecule has 8 heteroatoms. The SMILES string of the molecule is Cc1nn(-c2ccc(Oc3ccc(NC(=O)c4cccc(N(C)C)c4)cc3)nn2)c(C)c1C. The van der Waals surface area contributed by atoms with Crippen LogP contribution in [-0.4, -0.2) is 40.0 Å². The molecule has 4 aromatic rings. The molecule has 0 bridgehead atoms. The molecule has 0 saturated carbocycles. The Morgan fingerprint density at radius 2 is 1.73 bits per heavy atom. The van der Waals surface area contributed by atoms with Crippen molar-refractivity contribution in [2.45, 2.75) is 20.8 Å². The standard InChI is InChI=1S/C25H26N6O2/c1-16-17(2)29-31(18(16)3)23-13-14-24(28-27-23)33-22-11-9-20(10-12-22)26-25(32)19-7-6-8-21(15-19)30(4)5/h6-15H,1-5H3,(H,26,32). The Balaban J connectivity index is 1.41. The van der Waals surface area contributed by atoms with Crippen molar-refractivity contribution in [3.63, 3.8) is 0 Å². The number of anilines is 2. The van der Waals surface area contributed by atoms with Crippen LogP contribution in [0.15, 0.2) is 60.7 Å². The van der Waals surface area contributed by atoms with E-state index in [1.165, 1.54) is 0 Å². The number of ether oxygens (including phenoxy) is 1. The zero-order chi connectivity index (χ0) is 23.5. The van der Waals surface area contributed by atoms with Crippen molar-refractivity contribution in [3.05, 3.63) is 83.2 Å². The van der Waals surface area contributed by atoms with Gasteiger partial charge in [0.2, 0.25) is 5.88 Å². The van der Waals surface area contributed by atoms with Crippen molar-refractivity contribution in [1.82, 2.24) is 20.0 Å². The summed E-state index contributed by atoms with van der Waals surface area (Å²) in [4.78, 5) is 14.5. The summed E-state index contributed by atoms with van der Waals surface area (Å²) < 4.78 is 7.56. The molecule has 0 aliphatic rings. The van der Waals surface area contributed by atoms with Crippen LogP contribution in [0.3, 0.4) is 0 Å². The van der Waals surface area contributed by atoms with Crippen LogP contribution in [0.5, 0.6) is 11.6 Å². The van der Waals surface area contributed by atoms with Gasteiger partial charge in [0, 0.05) is 42.8 Å². The number of amides is 1. The summed E-state index contributed by atoms with van der Waals surface area (Å²) in [6.45, 7) is 6.00. The van der Waals surface area contributed by atoms with Crippen LogP contribution in [-0.2, 0) is 0 Å². The number of hydrogen-bond acceptors (Lipinski definition) is 6. The third-order valence-electron chi connectivity index (χ3n) is 5.46. The first-order valence-electron chi connectivity index (χ1n) is 10.6. The molecule has 1 amide bonds. The fourth-order valence-corrected chi connectivity index (χ4v) is 3.28. The van der Waals surface area contributed by atoms with Gasteiger partial charge in [0.15, 0.2) is 5.82 Å². The topological polar surface area (TPSA) is 85.2 Å². The molecule has 1 N–H and O–H groups in total. The summed E-state index contributed by atoms with van der Waals surface area (Å²) >= 11 is 0. The van der Waals surface area contributed by atoms with Crippen molar-refractivity contribution in [1.29, 1.82) is 0 Å². The largest absolute Gasteiger partial charge is 0.438 e. The Labute approximate surface area is 192 Å². The van der Waals surface area contributed by atoms with Gasteiger partial charge in [-0.1, -0.05) is 6.07 Å². The molecule has 0 radical (unpaired) electrons. The van der Waals surface area contributed by atoms with Crippen molar-refractivity contribution in [3.8, 4) is 17.4 Å². The first-order chi connectivity index (χ1) is 15.8. The summed E-state index contributed by atoms with van der Waals surface area (Å²) in [6, 6.07) is 18.1. The zero-order valence-corrected chi connectivity index (χ0v) is 19.3. The van der Waals surface area contributed by atoms with Crippen molar-refractivity contribution >= 4 is 17.3 Å². The highest BCUT2D eigenvalue weighted by Gasteiger charge is 2.11. The third-order valence-corrected chi connectivity index (χ3v) is 5.46.